The number of hydrogen-bond acceptors (Lipinski definition) is 4. The number of ether oxygens (including phenoxy) is 1. The van der Waals surface area contributed by atoms with Gasteiger partial charge in [0.2, 0.25) is 0 Å². The van der Waals surface area contributed by atoms with Crippen LogP contribution < -0.4 is 0 Å². The molecule has 0 spiro atoms. The molecule has 3 rings (SSSR count). The lowest BCUT2D eigenvalue weighted by Gasteiger charge is -2.14. The highest BCUT2D eigenvalue weighted by Gasteiger charge is 2.29. The topological polar surface area (TPSA) is 26.3 Å². The Labute approximate surface area is 132 Å². The Balaban J connectivity index is 2.03. The smallest absolute Gasteiger partial charge is 0.302 e. The van der Waals surface area contributed by atoms with Crippen molar-refractivity contribution in [3.8, 4) is 11.1 Å². The van der Waals surface area contributed by atoms with Crippen LogP contribution in [0.1, 0.15) is 24.0 Å². The van der Waals surface area contributed by atoms with Crippen LogP contribution in [-0.2, 0) is 9.53 Å². The number of esters is 1. The quantitative estimate of drug-likeness (QED) is 0.601. The number of benzene rings is 2. The fraction of sp³-hybridized carbons (Fsp3) is 0.235. The third kappa shape index (κ3) is 2.83. The maximum absolute atomic E-state index is 11.2. The Bertz CT molecular complexity index is 682. The number of rotatable bonds is 4. The highest BCUT2D eigenvalue weighted by molar-refractivity contribution is 8.76. The Morgan fingerprint density at radius 3 is 2.67 bits per heavy atom. The summed E-state index contributed by atoms with van der Waals surface area (Å²) in [4.78, 5) is 12.4. The summed E-state index contributed by atoms with van der Waals surface area (Å²) in [5.74, 6) is -0.0851. The molecule has 0 saturated carbocycles. The SMILES string of the molecule is CSSc1ccc2c(c1)C(COC(C)=O)c1ccccc1-2. The number of fused-ring (bicyclic) bond motifs is 3. The minimum Gasteiger partial charge on any atom is -0.465 e. The molecular weight excluding hydrogens is 300 g/mol. The molecule has 0 aliphatic heterocycles. The molecule has 0 heterocycles. The van der Waals surface area contributed by atoms with Crippen molar-refractivity contribution in [2.24, 2.45) is 0 Å². The zero-order valence-electron chi connectivity index (χ0n) is 12.0. The minimum atomic E-state index is -0.226. The van der Waals surface area contributed by atoms with Gasteiger partial charge >= 0.3 is 5.97 Å². The molecule has 1 aliphatic rings. The van der Waals surface area contributed by atoms with Crippen LogP contribution in [-0.4, -0.2) is 18.8 Å². The lowest BCUT2D eigenvalue weighted by molar-refractivity contribution is -0.141. The molecule has 0 fully saturated rings. The van der Waals surface area contributed by atoms with Gasteiger partial charge in [-0.05, 0) is 40.6 Å². The van der Waals surface area contributed by atoms with Crippen molar-refractivity contribution in [3.63, 3.8) is 0 Å². The van der Waals surface area contributed by atoms with Crippen LogP contribution in [0.3, 0.4) is 0 Å². The fourth-order valence-electron chi connectivity index (χ4n) is 2.82. The zero-order chi connectivity index (χ0) is 14.8. The van der Waals surface area contributed by atoms with Crippen LogP contribution in [0.4, 0.5) is 0 Å². The monoisotopic (exact) mass is 316 g/mol. The van der Waals surface area contributed by atoms with Crippen molar-refractivity contribution >= 4 is 27.6 Å². The summed E-state index contributed by atoms with van der Waals surface area (Å²) in [5, 5.41) is 0. The van der Waals surface area contributed by atoms with Gasteiger partial charge < -0.3 is 4.74 Å². The van der Waals surface area contributed by atoms with Crippen LogP contribution in [0, 0.1) is 0 Å². The van der Waals surface area contributed by atoms with Gasteiger partial charge in [-0.3, -0.25) is 4.79 Å². The van der Waals surface area contributed by atoms with Crippen LogP contribution in [0.15, 0.2) is 47.4 Å². The third-order valence-corrected chi connectivity index (χ3v) is 5.35. The van der Waals surface area contributed by atoms with Crippen molar-refractivity contribution in [2.45, 2.75) is 17.7 Å². The number of carbonyl (C=O) groups is 1. The summed E-state index contributed by atoms with van der Waals surface area (Å²) in [7, 11) is 3.49. The van der Waals surface area contributed by atoms with Gasteiger partial charge in [0.1, 0.15) is 6.61 Å². The van der Waals surface area contributed by atoms with Crippen molar-refractivity contribution in [2.75, 3.05) is 12.9 Å². The molecule has 21 heavy (non-hydrogen) atoms. The molecule has 1 unspecified atom stereocenters. The second kappa shape index (κ2) is 6.16. The van der Waals surface area contributed by atoms with E-state index in [4.69, 9.17) is 4.74 Å². The predicted molar refractivity (Wildman–Crippen MR) is 89.7 cm³/mol. The standard InChI is InChI=1S/C17H16O2S2/c1-11(18)19-10-17-14-6-4-3-5-13(14)15-8-7-12(21-20-2)9-16(15)17/h3-9,17H,10H2,1-2H3. The van der Waals surface area contributed by atoms with Gasteiger partial charge in [0.25, 0.3) is 0 Å². The molecule has 1 atom stereocenters. The summed E-state index contributed by atoms with van der Waals surface area (Å²) in [5.41, 5.74) is 5.02. The second-order valence-corrected chi connectivity index (χ2v) is 7.41. The van der Waals surface area contributed by atoms with Crippen molar-refractivity contribution in [1.82, 2.24) is 0 Å². The maximum Gasteiger partial charge on any atom is 0.302 e. The zero-order valence-corrected chi connectivity index (χ0v) is 13.6. The Morgan fingerprint density at radius 2 is 1.90 bits per heavy atom. The van der Waals surface area contributed by atoms with E-state index >= 15 is 0 Å². The largest absolute Gasteiger partial charge is 0.465 e. The normalized spacial score (nSPS) is 15.4. The van der Waals surface area contributed by atoms with Gasteiger partial charge in [0.15, 0.2) is 0 Å². The predicted octanol–water partition coefficient (Wildman–Crippen LogP) is 4.73. The molecule has 0 saturated heterocycles. The molecule has 2 nitrogen and oxygen atoms in total. The van der Waals surface area contributed by atoms with Crippen LogP contribution in [0.2, 0.25) is 0 Å². The van der Waals surface area contributed by atoms with E-state index in [0.717, 1.165) is 0 Å². The average molecular weight is 316 g/mol. The first-order chi connectivity index (χ1) is 10.2. The van der Waals surface area contributed by atoms with Crippen molar-refractivity contribution < 1.29 is 9.53 Å². The van der Waals surface area contributed by atoms with E-state index in [1.165, 1.54) is 34.1 Å². The minimum absolute atomic E-state index is 0.141. The van der Waals surface area contributed by atoms with Crippen LogP contribution >= 0.6 is 21.6 Å². The van der Waals surface area contributed by atoms with Gasteiger partial charge in [-0.2, -0.15) is 0 Å². The first-order valence-electron chi connectivity index (χ1n) is 6.78. The van der Waals surface area contributed by atoms with Gasteiger partial charge in [0, 0.05) is 17.7 Å². The van der Waals surface area contributed by atoms with Gasteiger partial charge in [-0.15, -0.1) is 0 Å². The highest BCUT2D eigenvalue weighted by Crippen LogP contribution is 2.46. The van der Waals surface area contributed by atoms with Crippen LogP contribution in [0.25, 0.3) is 11.1 Å². The Hall–Kier alpha value is -1.39. The molecule has 0 bridgehead atoms. The molecular formula is C17H16O2S2. The fourth-order valence-corrected chi connectivity index (χ4v) is 4.20. The summed E-state index contributed by atoms with van der Waals surface area (Å²) < 4.78 is 5.29. The van der Waals surface area contributed by atoms with Gasteiger partial charge in [-0.1, -0.05) is 51.9 Å². The van der Waals surface area contributed by atoms with E-state index in [9.17, 15) is 4.79 Å². The van der Waals surface area contributed by atoms with Crippen molar-refractivity contribution in [3.05, 3.63) is 53.6 Å². The number of carbonyl (C=O) groups excluding carboxylic acids is 1. The van der Waals surface area contributed by atoms with E-state index in [0.29, 0.717) is 6.61 Å². The molecule has 2 aromatic carbocycles. The summed E-state index contributed by atoms with van der Waals surface area (Å²) in [6, 6.07) is 14.9. The lowest BCUT2D eigenvalue weighted by Crippen LogP contribution is -2.09. The molecule has 0 amide bonds. The number of hydrogen-bond donors (Lipinski definition) is 0. The molecule has 2 aromatic rings. The first kappa shape index (κ1) is 14.5. The summed E-state index contributed by atoms with van der Waals surface area (Å²) >= 11 is 0. The van der Waals surface area contributed by atoms with Gasteiger partial charge in [0.05, 0.1) is 0 Å². The average Bonchev–Trinajstić information content (AvgIpc) is 2.79. The van der Waals surface area contributed by atoms with E-state index in [1.807, 2.05) is 6.07 Å². The molecule has 1 aliphatic carbocycles. The molecule has 0 N–H and O–H groups in total. The molecule has 108 valence electrons. The van der Waals surface area contributed by atoms with Crippen molar-refractivity contribution in [1.29, 1.82) is 0 Å². The van der Waals surface area contributed by atoms with Crippen LogP contribution in [0.5, 0.6) is 0 Å². The van der Waals surface area contributed by atoms with E-state index in [-0.39, 0.29) is 11.9 Å². The van der Waals surface area contributed by atoms with E-state index < -0.39 is 0 Å². The lowest BCUT2D eigenvalue weighted by atomic mass is 9.98. The maximum atomic E-state index is 11.2. The molecule has 0 aromatic heterocycles. The molecule has 0 radical (unpaired) electrons. The first-order valence-corrected chi connectivity index (χ1v) is 9.34. The van der Waals surface area contributed by atoms with E-state index in [1.54, 1.807) is 21.6 Å². The molecule has 4 heteroatoms. The second-order valence-electron chi connectivity index (χ2n) is 4.94. The summed E-state index contributed by atoms with van der Waals surface area (Å²) in [6.07, 6.45) is 2.07. The van der Waals surface area contributed by atoms with E-state index in [2.05, 4.69) is 42.7 Å². The summed E-state index contributed by atoms with van der Waals surface area (Å²) in [6.45, 7) is 1.87. The Morgan fingerprint density at radius 1 is 1.14 bits per heavy atom. The third-order valence-electron chi connectivity index (χ3n) is 3.66. The highest BCUT2D eigenvalue weighted by atomic mass is 33.1. The Kier molecular flexibility index (Phi) is 4.27. The van der Waals surface area contributed by atoms with Gasteiger partial charge in [-0.25, -0.2) is 0 Å².